The Balaban J connectivity index is 2.93. The molecule has 0 aliphatic heterocycles. The van der Waals surface area contributed by atoms with E-state index in [2.05, 4.69) is 18.7 Å². The molecule has 15 heavy (non-hydrogen) atoms. The van der Waals surface area contributed by atoms with E-state index in [1.165, 1.54) is 0 Å². The van der Waals surface area contributed by atoms with Crippen LogP contribution in [-0.2, 0) is 10.1 Å². The molecule has 1 rings (SSSR count). The zero-order valence-electron chi connectivity index (χ0n) is 6.65. The van der Waals surface area contributed by atoms with Crippen LogP contribution >= 0.6 is 0 Å². The fourth-order valence-electron chi connectivity index (χ4n) is 0.502. The first-order chi connectivity index (χ1) is 6.76. The van der Waals surface area contributed by atoms with Crippen molar-refractivity contribution >= 4 is 16.0 Å². The van der Waals surface area contributed by atoms with Crippen molar-refractivity contribution in [3.63, 3.8) is 0 Å². The largest absolute Gasteiger partial charge is 0.534 e. The van der Waals surface area contributed by atoms with E-state index in [4.69, 9.17) is 6.57 Å². The average molecular weight is 242 g/mol. The summed E-state index contributed by atoms with van der Waals surface area (Å²) in [5.74, 6) is -1.43. The Morgan fingerprint density at radius 2 is 2.13 bits per heavy atom. The first-order valence-electron chi connectivity index (χ1n) is 3.11. The lowest BCUT2D eigenvalue weighted by Crippen LogP contribution is -2.28. The van der Waals surface area contributed by atoms with Crippen molar-refractivity contribution in [3.05, 3.63) is 17.5 Å². The summed E-state index contributed by atoms with van der Waals surface area (Å²) in [7, 11) is -5.77. The predicted octanol–water partition coefficient (Wildman–Crippen LogP) is 1.45. The van der Waals surface area contributed by atoms with Gasteiger partial charge in [-0.1, -0.05) is 5.16 Å². The van der Waals surface area contributed by atoms with Gasteiger partial charge in [-0.25, -0.2) is 0 Å². The number of aromatic nitrogens is 1. The molecule has 1 aromatic rings. The van der Waals surface area contributed by atoms with E-state index in [-0.39, 0.29) is 0 Å². The van der Waals surface area contributed by atoms with E-state index in [0.717, 1.165) is 0 Å². The van der Waals surface area contributed by atoms with Gasteiger partial charge < -0.3 is 8.71 Å². The van der Waals surface area contributed by atoms with Crippen LogP contribution < -0.4 is 4.18 Å². The fraction of sp³-hybridized carbons (Fsp3) is 0.200. The normalized spacial score (nSPS) is 12.1. The van der Waals surface area contributed by atoms with Crippen LogP contribution in [0.4, 0.5) is 19.1 Å². The van der Waals surface area contributed by atoms with Crippen molar-refractivity contribution in [2.75, 3.05) is 0 Å². The van der Waals surface area contributed by atoms with Gasteiger partial charge in [0.2, 0.25) is 0 Å². The number of rotatable bonds is 2. The van der Waals surface area contributed by atoms with Gasteiger partial charge in [-0.2, -0.15) is 26.4 Å². The number of nitrogens with zero attached hydrogens (tertiary/aromatic N) is 2. The van der Waals surface area contributed by atoms with Gasteiger partial charge >= 0.3 is 21.5 Å². The second-order valence-electron chi connectivity index (χ2n) is 2.10. The van der Waals surface area contributed by atoms with E-state index >= 15 is 0 Å². The maximum atomic E-state index is 11.8. The summed E-state index contributed by atoms with van der Waals surface area (Å²) in [4.78, 5) is 2.65. The van der Waals surface area contributed by atoms with Gasteiger partial charge in [0.05, 0.1) is 12.6 Å². The van der Waals surface area contributed by atoms with E-state index in [0.29, 0.717) is 6.07 Å². The van der Waals surface area contributed by atoms with E-state index in [1.54, 1.807) is 0 Å². The quantitative estimate of drug-likeness (QED) is 0.445. The molecule has 0 saturated carbocycles. The standard InChI is InChI=1S/C5HF3N2O4S/c1-9-3-2-4(10-13-3)14-15(11,12)5(6,7)8/h2H. The van der Waals surface area contributed by atoms with Gasteiger partial charge in [-0.15, -0.1) is 0 Å². The predicted molar refractivity (Wildman–Crippen MR) is 38.4 cm³/mol. The molecule has 10 heteroatoms. The summed E-state index contributed by atoms with van der Waals surface area (Å²) in [6.07, 6.45) is 0. The highest BCUT2D eigenvalue weighted by atomic mass is 32.2. The summed E-state index contributed by atoms with van der Waals surface area (Å²) in [5.41, 5.74) is -5.55. The number of halogens is 3. The van der Waals surface area contributed by atoms with Crippen LogP contribution in [0.3, 0.4) is 0 Å². The third kappa shape index (κ3) is 2.38. The molecular weight excluding hydrogens is 241 g/mol. The van der Waals surface area contributed by atoms with Gasteiger partial charge in [-0.3, -0.25) is 0 Å². The minimum Gasteiger partial charge on any atom is -0.368 e. The zero-order valence-corrected chi connectivity index (χ0v) is 7.46. The second-order valence-corrected chi connectivity index (χ2v) is 3.64. The monoisotopic (exact) mass is 242 g/mol. The van der Waals surface area contributed by atoms with Crippen molar-refractivity contribution < 1.29 is 30.3 Å². The molecule has 6 nitrogen and oxygen atoms in total. The summed E-state index contributed by atoms with van der Waals surface area (Å²) < 4.78 is 63.8. The highest BCUT2D eigenvalue weighted by Gasteiger charge is 2.49. The molecule has 0 aliphatic carbocycles. The Morgan fingerprint density at radius 3 is 2.53 bits per heavy atom. The number of hydrogen-bond acceptors (Lipinski definition) is 5. The van der Waals surface area contributed by atoms with Gasteiger partial charge in [-0.05, 0) is 0 Å². The van der Waals surface area contributed by atoms with Crippen molar-refractivity contribution in [1.82, 2.24) is 5.16 Å². The molecule has 1 aromatic heterocycles. The van der Waals surface area contributed by atoms with Crippen LogP contribution in [0.25, 0.3) is 4.85 Å². The maximum Gasteiger partial charge on any atom is 0.534 e. The molecule has 82 valence electrons. The molecule has 0 unspecified atom stereocenters. The topological polar surface area (TPSA) is 73.8 Å². The smallest absolute Gasteiger partial charge is 0.368 e. The molecule has 0 amide bonds. The summed E-state index contributed by atoms with van der Waals surface area (Å²) in [6, 6.07) is 0.621. The minimum atomic E-state index is -5.77. The average Bonchev–Trinajstić information content (AvgIpc) is 2.49. The molecule has 0 radical (unpaired) electrons. The lowest BCUT2D eigenvalue weighted by Gasteiger charge is -2.05. The van der Waals surface area contributed by atoms with Crippen LogP contribution in [-0.4, -0.2) is 19.1 Å². The molecule has 0 aromatic carbocycles. The Hall–Kier alpha value is -1.76. The SMILES string of the molecule is [C-]#[N+]c1cc(OS(=O)(=O)C(F)(F)F)no1. The number of alkyl halides is 3. The molecule has 1 heterocycles. The van der Waals surface area contributed by atoms with E-state index < -0.39 is 27.4 Å². The van der Waals surface area contributed by atoms with E-state index in [9.17, 15) is 21.6 Å². The molecular formula is C5HF3N2O4S. The van der Waals surface area contributed by atoms with Crippen molar-refractivity contribution in [2.45, 2.75) is 5.51 Å². The number of hydrogen-bond donors (Lipinski definition) is 0. The third-order valence-electron chi connectivity index (χ3n) is 1.06. The van der Waals surface area contributed by atoms with Crippen molar-refractivity contribution in [3.8, 4) is 5.88 Å². The summed E-state index contributed by atoms with van der Waals surface area (Å²) in [6.45, 7) is 6.37. The molecule has 0 aliphatic rings. The molecule has 0 atom stereocenters. The van der Waals surface area contributed by atoms with Crippen LogP contribution in [0, 0.1) is 6.57 Å². The lowest BCUT2D eigenvalue weighted by atomic mass is 10.6. The highest BCUT2D eigenvalue weighted by molar-refractivity contribution is 7.87. The van der Waals surface area contributed by atoms with Crippen molar-refractivity contribution in [2.24, 2.45) is 0 Å². The third-order valence-corrected chi connectivity index (χ3v) is 2.02. The molecule has 0 bridgehead atoms. The van der Waals surface area contributed by atoms with Crippen molar-refractivity contribution in [1.29, 1.82) is 0 Å². The first-order valence-corrected chi connectivity index (χ1v) is 4.52. The fourth-order valence-corrected chi connectivity index (χ4v) is 0.900. The van der Waals surface area contributed by atoms with Crippen LogP contribution in [0.2, 0.25) is 0 Å². The Labute approximate surface area is 81.2 Å². The van der Waals surface area contributed by atoms with Crippen LogP contribution in [0.15, 0.2) is 10.6 Å². The van der Waals surface area contributed by atoms with E-state index in [1.807, 2.05) is 0 Å². The van der Waals surface area contributed by atoms with Gasteiger partial charge in [0.25, 0.3) is 5.88 Å². The maximum absolute atomic E-state index is 11.8. The minimum absolute atomic E-state index is 0.484. The summed E-state index contributed by atoms with van der Waals surface area (Å²) >= 11 is 0. The second kappa shape index (κ2) is 3.43. The molecule has 0 spiro atoms. The highest BCUT2D eigenvalue weighted by Crippen LogP contribution is 2.27. The zero-order chi connectivity index (χ0) is 11.7. The molecule has 0 saturated heterocycles. The summed E-state index contributed by atoms with van der Waals surface area (Å²) in [5, 5.41) is 2.80. The first kappa shape index (κ1) is 11.3. The van der Waals surface area contributed by atoms with Gasteiger partial charge in [0.1, 0.15) is 0 Å². The van der Waals surface area contributed by atoms with Gasteiger partial charge in [0, 0.05) is 0 Å². The van der Waals surface area contributed by atoms with Gasteiger partial charge in [0.15, 0.2) is 0 Å². The van der Waals surface area contributed by atoms with Crippen LogP contribution in [0.1, 0.15) is 0 Å². The Kier molecular flexibility index (Phi) is 2.59. The molecule has 0 fully saturated rings. The Morgan fingerprint density at radius 1 is 1.53 bits per heavy atom. The Bertz CT molecular complexity index is 497. The van der Waals surface area contributed by atoms with Crippen LogP contribution in [0.5, 0.6) is 5.88 Å². The lowest BCUT2D eigenvalue weighted by molar-refractivity contribution is -0.0502. The molecule has 0 N–H and O–H groups in total.